The third-order valence-electron chi connectivity index (χ3n) is 2.42. The van der Waals surface area contributed by atoms with E-state index in [2.05, 4.69) is 30.1 Å². The Morgan fingerprint density at radius 2 is 2.20 bits per heavy atom. The Kier molecular flexibility index (Phi) is 2.51. The molecule has 0 bridgehead atoms. The van der Waals surface area contributed by atoms with Crippen LogP contribution < -0.4 is 0 Å². The maximum atomic E-state index is 8.82. The van der Waals surface area contributed by atoms with Gasteiger partial charge in [-0.15, -0.1) is 0 Å². The van der Waals surface area contributed by atoms with Crippen molar-refractivity contribution in [2.24, 2.45) is 0 Å². The van der Waals surface area contributed by atoms with Gasteiger partial charge in [0.1, 0.15) is 6.07 Å². The Hall–Kier alpha value is -2.08. The highest BCUT2D eigenvalue weighted by atomic mass is 15.1. The van der Waals surface area contributed by atoms with Gasteiger partial charge in [-0.25, -0.2) is 4.98 Å². The van der Waals surface area contributed by atoms with Crippen molar-refractivity contribution in [3.8, 4) is 6.07 Å². The number of aryl methyl sites for hydroxylation is 1. The molecule has 0 fully saturated rings. The number of aromatic nitrogens is 2. The fourth-order valence-corrected chi connectivity index (χ4v) is 1.52. The monoisotopic (exact) mass is 197 g/mol. The summed E-state index contributed by atoms with van der Waals surface area (Å²) in [4.78, 5) is 3.96. The van der Waals surface area contributed by atoms with E-state index >= 15 is 0 Å². The topological polar surface area (TPSA) is 41.6 Å². The van der Waals surface area contributed by atoms with Crippen molar-refractivity contribution >= 4 is 0 Å². The van der Waals surface area contributed by atoms with Crippen molar-refractivity contribution in [3.05, 3.63) is 53.6 Å². The zero-order valence-electron chi connectivity index (χ0n) is 8.51. The fourth-order valence-electron chi connectivity index (χ4n) is 1.52. The van der Waals surface area contributed by atoms with Gasteiger partial charge in [0, 0.05) is 18.9 Å². The van der Waals surface area contributed by atoms with E-state index in [1.54, 1.807) is 6.20 Å². The number of nitriles is 1. The van der Waals surface area contributed by atoms with Crippen molar-refractivity contribution < 1.29 is 0 Å². The SMILES string of the molecule is Cc1ccccc1Cn1ccnc1C#N. The van der Waals surface area contributed by atoms with Crippen LogP contribution in [-0.4, -0.2) is 9.55 Å². The predicted octanol–water partition coefficient (Wildman–Crippen LogP) is 2.11. The molecule has 1 aromatic heterocycles. The molecule has 0 aliphatic rings. The number of hydrogen-bond acceptors (Lipinski definition) is 2. The van der Waals surface area contributed by atoms with Crippen molar-refractivity contribution in [2.75, 3.05) is 0 Å². The highest BCUT2D eigenvalue weighted by molar-refractivity contribution is 5.26. The summed E-state index contributed by atoms with van der Waals surface area (Å²) in [7, 11) is 0. The molecule has 0 unspecified atom stereocenters. The number of rotatable bonds is 2. The van der Waals surface area contributed by atoms with Crippen LogP contribution in [0.5, 0.6) is 0 Å². The Morgan fingerprint density at radius 1 is 1.40 bits per heavy atom. The lowest BCUT2D eigenvalue weighted by molar-refractivity contribution is 0.777. The molecule has 0 amide bonds. The minimum atomic E-state index is 0.457. The molecule has 3 nitrogen and oxygen atoms in total. The second kappa shape index (κ2) is 3.97. The predicted molar refractivity (Wildman–Crippen MR) is 57.2 cm³/mol. The minimum absolute atomic E-state index is 0.457. The van der Waals surface area contributed by atoms with Crippen LogP contribution in [0.3, 0.4) is 0 Å². The number of hydrogen-bond donors (Lipinski definition) is 0. The van der Waals surface area contributed by atoms with E-state index < -0.39 is 0 Å². The molecule has 0 radical (unpaired) electrons. The smallest absolute Gasteiger partial charge is 0.213 e. The summed E-state index contributed by atoms with van der Waals surface area (Å²) in [5.74, 6) is 0.457. The lowest BCUT2D eigenvalue weighted by atomic mass is 10.1. The van der Waals surface area contributed by atoms with Crippen molar-refractivity contribution in [3.63, 3.8) is 0 Å². The van der Waals surface area contributed by atoms with Crippen LogP contribution in [0.15, 0.2) is 36.7 Å². The molecule has 0 saturated heterocycles. The average molecular weight is 197 g/mol. The molecule has 0 atom stereocenters. The largest absolute Gasteiger partial charge is 0.318 e. The molecule has 2 aromatic rings. The third-order valence-corrected chi connectivity index (χ3v) is 2.42. The lowest BCUT2D eigenvalue weighted by Gasteiger charge is -2.06. The standard InChI is InChI=1S/C12H11N3/c1-10-4-2-3-5-11(10)9-15-7-6-14-12(15)8-13/h2-7H,9H2,1H3. The Labute approximate surface area is 88.6 Å². The number of nitrogens with zero attached hydrogens (tertiary/aromatic N) is 3. The van der Waals surface area contributed by atoms with Gasteiger partial charge >= 0.3 is 0 Å². The summed E-state index contributed by atoms with van der Waals surface area (Å²) in [5, 5.41) is 8.82. The summed E-state index contributed by atoms with van der Waals surface area (Å²) in [5.41, 5.74) is 2.45. The second-order valence-corrected chi connectivity index (χ2v) is 3.42. The van der Waals surface area contributed by atoms with Gasteiger partial charge in [-0.3, -0.25) is 0 Å². The number of benzene rings is 1. The third kappa shape index (κ3) is 1.89. The highest BCUT2D eigenvalue weighted by Gasteiger charge is 2.03. The Balaban J connectivity index is 2.31. The normalized spacial score (nSPS) is 9.87. The van der Waals surface area contributed by atoms with Gasteiger partial charge in [0.2, 0.25) is 5.82 Å². The molecule has 15 heavy (non-hydrogen) atoms. The van der Waals surface area contributed by atoms with E-state index in [0.29, 0.717) is 12.4 Å². The van der Waals surface area contributed by atoms with Crippen LogP contribution in [0.1, 0.15) is 17.0 Å². The quantitative estimate of drug-likeness (QED) is 0.739. The molecule has 0 spiro atoms. The molecule has 0 N–H and O–H groups in total. The first-order valence-electron chi connectivity index (χ1n) is 4.77. The molecule has 1 aromatic carbocycles. The van der Waals surface area contributed by atoms with E-state index in [1.807, 2.05) is 22.9 Å². The molecule has 1 heterocycles. The van der Waals surface area contributed by atoms with Gasteiger partial charge in [0.15, 0.2) is 0 Å². The second-order valence-electron chi connectivity index (χ2n) is 3.42. The Morgan fingerprint density at radius 3 is 2.93 bits per heavy atom. The van der Waals surface area contributed by atoms with Gasteiger partial charge in [-0.1, -0.05) is 24.3 Å². The summed E-state index contributed by atoms with van der Waals surface area (Å²) in [6.45, 7) is 2.77. The summed E-state index contributed by atoms with van der Waals surface area (Å²) in [6.07, 6.45) is 3.47. The highest BCUT2D eigenvalue weighted by Crippen LogP contribution is 2.10. The van der Waals surface area contributed by atoms with Gasteiger partial charge in [-0.2, -0.15) is 5.26 Å². The molecular formula is C12H11N3. The van der Waals surface area contributed by atoms with Crippen molar-refractivity contribution in [1.29, 1.82) is 5.26 Å². The fraction of sp³-hybridized carbons (Fsp3) is 0.167. The van der Waals surface area contributed by atoms with Crippen LogP contribution in [0.2, 0.25) is 0 Å². The van der Waals surface area contributed by atoms with E-state index in [9.17, 15) is 0 Å². The summed E-state index contributed by atoms with van der Waals surface area (Å²) in [6, 6.07) is 10.2. The van der Waals surface area contributed by atoms with Crippen LogP contribution in [0.4, 0.5) is 0 Å². The van der Waals surface area contributed by atoms with Gasteiger partial charge in [-0.05, 0) is 18.1 Å². The molecular weight excluding hydrogens is 186 g/mol. The number of imidazole rings is 1. The van der Waals surface area contributed by atoms with Crippen LogP contribution in [0, 0.1) is 18.3 Å². The Bertz CT molecular complexity index is 506. The van der Waals surface area contributed by atoms with E-state index in [1.165, 1.54) is 11.1 Å². The maximum absolute atomic E-state index is 8.82. The lowest BCUT2D eigenvalue weighted by Crippen LogP contribution is -2.02. The maximum Gasteiger partial charge on any atom is 0.213 e. The molecule has 74 valence electrons. The summed E-state index contributed by atoms with van der Waals surface area (Å²) < 4.78 is 1.85. The van der Waals surface area contributed by atoms with E-state index in [4.69, 9.17) is 5.26 Å². The first-order chi connectivity index (χ1) is 7.31. The first-order valence-corrected chi connectivity index (χ1v) is 4.77. The van der Waals surface area contributed by atoms with Gasteiger partial charge < -0.3 is 4.57 Å². The first kappa shape index (κ1) is 9.47. The van der Waals surface area contributed by atoms with Crippen molar-refractivity contribution in [1.82, 2.24) is 9.55 Å². The van der Waals surface area contributed by atoms with Gasteiger partial charge in [0.05, 0.1) is 0 Å². The van der Waals surface area contributed by atoms with Crippen LogP contribution in [-0.2, 0) is 6.54 Å². The average Bonchev–Trinajstić information content (AvgIpc) is 2.69. The zero-order chi connectivity index (χ0) is 10.7. The summed E-state index contributed by atoms with van der Waals surface area (Å²) >= 11 is 0. The molecule has 0 saturated carbocycles. The zero-order valence-corrected chi connectivity index (χ0v) is 8.51. The van der Waals surface area contributed by atoms with Gasteiger partial charge in [0.25, 0.3) is 0 Å². The van der Waals surface area contributed by atoms with Crippen molar-refractivity contribution in [2.45, 2.75) is 13.5 Å². The molecule has 0 aliphatic heterocycles. The molecule has 0 aliphatic carbocycles. The molecule has 2 rings (SSSR count). The van der Waals surface area contributed by atoms with Crippen LogP contribution in [0.25, 0.3) is 0 Å². The molecule has 3 heteroatoms. The minimum Gasteiger partial charge on any atom is -0.318 e. The van der Waals surface area contributed by atoms with Crippen LogP contribution >= 0.6 is 0 Å². The van der Waals surface area contributed by atoms with E-state index in [-0.39, 0.29) is 0 Å². The van der Waals surface area contributed by atoms with E-state index in [0.717, 1.165) is 0 Å².